The highest BCUT2D eigenvalue weighted by molar-refractivity contribution is 14.1. The van der Waals surface area contributed by atoms with E-state index in [0.717, 1.165) is 25.4 Å². The molecule has 0 radical (unpaired) electrons. The quantitative estimate of drug-likeness (QED) is 0.185. The van der Waals surface area contributed by atoms with Gasteiger partial charge in [-0.05, 0) is 100 Å². The van der Waals surface area contributed by atoms with E-state index in [2.05, 4.69) is 38.5 Å². The molecule has 0 aliphatic carbocycles. The van der Waals surface area contributed by atoms with Gasteiger partial charge in [0.1, 0.15) is 12.4 Å². The molecule has 0 bridgehead atoms. The number of hydrogen-bond donors (Lipinski definition) is 0. The predicted octanol–water partition coefficient (Wildman–Crippen LogP) is 7.41. The van der Waals surface area contributed by atoms with Crippen molar-refractivity contribution in [2.75, 3.05) is 6.61 Å². The fraction of sp³-hybridized carbons (Fsp3) is 0.154. The van der Waals surface area contributed by atoms with Crippen LogP contribution in [-0.2, 0) is 17.9 Å². The van der Waals surface area contributed by atoms with Crippen molar-refractivity contribution in [2.24, 2.45) is 0 Å². The summed E-state index contributed by atoms with van der Waals surface area (Å²) in [7, 11) is 0. The molecular formula is C26H20BrFINO4S. The van der Waals surface area contributed by atoms with Gasteiger partial charge in [-0.2, -0.15) is 0 Å². The van der Waals surface area contributed by atoms with E-state index >= 15 is 0 Å². The Kier molecular flexibility index (Phi) is 8.51. The second-order valence-electron chi connectivity index (χ2n) is 7.58. The van der Waals surface area contributed by atoms with Crippen molar-refractivity contribution in [1.29, 1.82) is 0 Å². The predicted molar refractivity (Wildman–Crippen MR) is 147 cm³/mol. The topological polar surface area (TPSA) is 55.8 Å². The molecule has 1 heterocycles. The number of benzene rings is 3. The zero-order valence-electron chi connectivity index (χ0n) is 18.6. The van der Waals surface area contributed by atoms with Gasteiger partial charge in [0.05, 0.1) is 21.6 Å². The van der Waals surface area contributed by atoms with E-state index < -0.39 is 0 Å². The maximum absolute atomic E-state index is 13.5. The van der Waals surface area contributed by atoms with Gasteiger partial charge in [0.25, 0.3) is 11.1 Å². The third-order valence-electron chi connectivity index (χ3n) is 5.03. The molecule has 9 heteroatoms. The Morgan fingerprint density at radius 3 is 2.54 bits per heavy atom. The normalized spacial score (nSPS) is 14.6. The van der Waals surface area contributed by atoms with Gasteiger partial charge >= 0.3 is 0 Å². The third-order valence-corrected chi connectivity index (χ3v) is 7.27. The van der Waals surface area contributed by atoms with E-state index in [-0.39, 0.29) is 30.1 Å². The number of thioether (sulfide) groups is 1. The Morgan fingerprint density at radius 1 is 1.06 bits per heavy atom. The minimum atomic E-state index is -0.331. The summed E-state index contributed by atoms with van der Waals surface area (Å²) in [5, 5.41) is -0.307. The second-order valence-corrected chi connectivity index (χ2v) is 10.6. The molecule has 35 heavy (non-hydrogen) atoms. The highest BCUT2D eigenvalue weighted by Crippen LogP contribution is 2.38. The first-order chi connectivity index (χ1) is 16.8. The molecule has 4 rings (SSSR count). The average Bonchev–Trinajstić information content (AvgIpc) is 3.07. The smallest absolute Gasteiger partial charge is 0.293 e. The lowest BCUT2D eigenvalue weighted by Gasteiger charge is -2.15. The van der Waals surface area contributed by atoms with Crippen molar-refractivity contribution in [2.45, 2.75) is 20.1 Å². The molecular weight excluding hydrogens is 648 g/mol. The summed E-state index contributed by atoms with van der Waals surface area (Å²) in [4.78, 5) is 27.1. The molecule has 1 aliphatic rings. The van der Waals surface area contributed by atoms with Crippen molar-refractivity contribution in [3.05, 3.63) is 96.1 Å². The van der Waals surface area contributed by atoms with Crippen LogP contribution in [0.3, 0.4) is 0 Å². The average molecular weight is 668 g/mol. The molecule has 1 aliphatic heterocycles. The Balaban J connectivity index is 1.55. The SMILES string of the molecule is CCOc1cc(/C=C2\SC(=O)N(Cc3ccc(Br)cc3)C2=O)cc(I)c1OCc1cccc(F)c1. The minimum absolute atomic E-state index is 0.183. The van der Waals surface area contributed by atoms with E-state index in [1.807, 2.05) is 37.3 Å². The molecule has 2 amide bonds. The summed E-state index contributed by atoms with van der Waals surface area (Å²) in [5.74, 6) is 0.394. The maximum atomic E-state index is 13.5. The maximum Gasteiger partial charge on any atom is 0.293 e. The number of rotatable bonds is 8. The first kappa shape index (κ1) is 25.7. The number of carbonyl (C=O) groups is 2. The summed E-state index contributed by atoms with van der Waals surface area (Å²) < 4.78 is 26.9. The van der Waals surface area contributed by atoms with E-state index in [9.17, 15) is 14.0 Å². The molecule has 1 fully saturated rings. The first-order valence-electron chi connectivity index (χ1n) is 10.7. The molecule has 5 nitrogen and oxygen atoms in total. The van der Waals surface area contributed by atoms with Crippen LogP contribution in [0, 0.1) is 9.39 Å². The molecule has 0 aromatic heterocycles. The highest BCUT2D eigenvalue weighted by Gasteiger charge is 2.35. The number of ether oxygens (including phenoxy) is 2. The largest absolute Gasteiger partial charge is 0.490 e. The number of nitrogens with zero attached hydrogens (tertiary/aromatic N) is 1. The lowest BCUT2D eigenvalue weighted by molar-refractivity contribution is -0.123. The fourth-order valence-corrected chi connectivity index (χ4v) is 5.30. The molecule has 1 saturated heterocycles. The van der Waals surface area contributed by atoms with Crippen LogP contribution in [0.25, 0.3) is 6.08 Å². The molecule has 0 saturated carbocycles. The minimum Gasteiger partial charge on any atom is -0.490 e. The molecule has 0 unspecified atom stereocenters. The van der Waals surface area contributed by atoms with Crippen LogP contribution in [0.5, 0.6) is 11.5 Å². The molecule has 180 valence electrons. The van der Waals surface area contributed by atoms with E-state index in [1.165, 1.54) is 17.0 Å². The standard InChI is InChI=1S/C26H20BrFINO4S/c1-2-33-22-12-18(11-21(29)24(22)34-15-17-4-3-5-20(28)10-17)13-23-25(31)30(26(32)35-23)14-16-6-8-19(27)9-7-16/h3-13H,2,14-15H2,1H3/b23-13-. The fourth-order valence-electron chi connectivity index (χ4n) is 3.42. The monoisotopic (exact) mass is 667 g/mol. The summed E-state index contributed by atoms with van der Waals surface area (Å²) >= 11 is 6.44. The van der Waals surface area contributed by atoms with Crippen LogP contribution in [0.4, 0.5) is 9.18 Å². The van der Waals surface area contributed by atoms with Crippen molar-refractivity contribution in [1.82, 2.24) is 4.90 Å². The highest BCUT2D eigenvalue weighted by atomic mass is 127. The van der Waals surface area contributed by atoms with Crippen LogP contribution in [-0.4, -0.2) is 22.7 Å². The van der Waals surface area contributed by atoms with Crippen molar-refractivity contribution < 1.29 is 23.5 Å². The van der Waals surface area contributed by atoms with Gasteiger partial charge in [0.15, 0.2) is 11.5 Å². The van der Waals surface area contributed by atoms with Gasteiger partial charge in [-0.15, -0.1) is 0 Å². The van der Waals surface area contributed by atoms with E-state index in [1.54, 1.807) is 24.3 Å². The molecule has 3 aromatic rings. The van der Waals surface area contributed by atoms with Gasteiger partial charge < -0.3 is 9.47 Å². The van der Waals surface area contributed by atoms with Crippen molar-refractivity contribution >= 4 is 67.5 Å². The summed E-state index contributed by atoms with van der Waals surface area (Å²) in [6.07, 6.45) is 1.69. The van der Waals surface area contributed by atoms with Crippen LogP contribution in [0.15, 0.2) is 70.0 Å². The summed E-state index contributed by atoms with van der Waals surface area (Å²) in [6, 6.07) is 17.3. The second kappa shape index (κ2) is 11.6. The van der Waals surface area contributed by atoms with Crippen molar-refractivity contribution in [3.63, 3.8) is 0 Å². The zero-order chi connectivity index (χ0) is 24.9. The van der Waals surface area contributed by atoms with Gasteiger partial charge in [-0.25, -0.2) is 4.39 Å². The molecule has 3 aromatic carbocycles. The van der Waals surface area contributed by atoms with E-state index in [0.29, 0.717) is 34.1 Å². The number of carbonyl (C=O) groups excluding carboxylic acids is 2. The van der Waals surface area contributed by atoms with Gasteiger partial charge in [0, 0.05) is 4.47 Å². The lowest BCUT2D eigenvalue weighted by atomic mass is 10.1. The van der Waals surface area contributed by atoms with Crippen molar-refractivity contribution in [3.8, 4) is 11.5 Å². The van der Waals surface area contributed by atoms with Gasteiger partial charge in [-0.1, -0.05) is 40.2 Å². The van der Waals surface area contributed by atoms with Crippen LogP contribution in [0.2, 0.25) is 0 Å². The van der Waals surface area contributed by atoms with Crippen LogP contribution >= 0.6 is 50.3 Å². The number of imide groups is 1. The lowest BCUT2D eigenvalue weighted by Crippen LogP contribution is -2.27. The molecule has 0 spiro atoms. The Labute approximate surface area is 228 Å². The first-order valence-corrected chi connectivity index (χ1v) is 13.4. The Morgan fingerprint density at radius 2 is 1.83 bits per heavy atom. The Hall–Kier alpha value is -2.37. The number of halogens is 3. The van der Waals surface area contributed by atoms with Gasteiger partial charge in [-0.3, -0.25) is 14.5 Å². The number of amides is 2. The molecule has 0 atom stereocenters. The number of hydrogen-bond acceptors (Lipinski definition) is 5. The summed E-state index contributed by atoms with van der Waals surface area (Å²) in [6.45, 7) is 2.68. The van der Waals surface area contributed by atoms with E-state index in [4.69, 9.17) is 9.47 Å². The summed E-state index contributed by atoms with van der Waals surface area (Å²) in [5.41, 5.74) is 2.28. The van der Waals surface area contributed by atoms with Gasteiger partial charge in [0.2, 0.25) is 0 Å². The Bertz CT molecular complexity index is 1300. The van der Waals surface area contributed by atoms with Crippen LogP contribution in [0.1, 0.15) is 23.6 Å². The third kappa shape index (κ3) is 6.45. The zero-order valence-corrected chi connectivity index (χ0v) is 23.2. The van der Waals surface area contributed by atoms with Crippen LogP contribution < -0.4 is 9.47 Å². The molecule has 0 N–H and O–H groups in total.